The van der Waals surface area contributed by atoms with Crippen LogP contribution in [-0.2, 0) is 14.3 Å². The summed E-state index contributed by atoms with van der Waals surface area (Å²) < 4.78 is 12.7. The Hall–Kier alpha value is -3.72. The van der Waals surface area contributed by atoms with Gasteiger partial charge in [0.25, 0.3) is 11.5 Å². The highest BCUT2D eigenvalue weighted by atomic mass is 32.1. The summed E-state index contributed by atoms with van der Waals surface area (Å²) in [4.78, 5) is 47.1. The number of hydrogen-bond donors (Lipinski definition) is 0. The topological polar surface area (TPSA) is 94.1 Å². The summed E-state index contributed by atoms with van der Waals surface area (Å²) in [5.74, 6) is -0.329. The van der Waals surface area contributed by atoms with Gasteiger partial charge in [0.05, 0.1) is 35.4 Å². The number of amides is 1. The number of nitrogens with zero attached hydrogens (tertiary/aromatic N) is 3. The Morgan fingerprint density at radius 2 is 1.97 bits per heavy atom. The zero-order chi connectivity index (χ0) is 24.7. The summed E-state index contributed by atoms with van der Waals surface area (Å²) >= 11 is 1.16. The van der Waals surface area contributed by atoms with Crippen LogP contribution >= 0.6 is 11.3 Å². The molecule has 1 unspecified atom stereocenters. The number of allylic oxidation sites excluding steroid dienone is 1. The number of esters is 1. The van der Waals surface area contributed by atoms with E-state index in [9.17, 15) is 14.4 Å². The summed E-state index contributed by atoms with van der Waals surface area (Å²) in [6.07, 6.45) is 3.30. The monoisotopic (exact) mass is 491 g/mol. The summed E-state index contributed by atoms with van der Waals surface area (Å²) in [5.41, 5.74) is 2.21. The molecular weight excluding hydrogens is 466 g/mol. The van der Waals surface area contributed by atoms with Crippen LogP contribution in [0.3, 0.4) is 0 Å². The molecule has 2 aromatic heterocycles. The number of anilines is 1. The number of thiazole rings is 1. The van der Waals surface area contributed by atoms with Crippen LogP contribution < -0.4 is 19.8 Å². The lowest BCUT2D eigenvalue weighted by Crippen LogP contribution is -2.40. The number of furan rings is 1. The van der Waals surface area contributed by atoms with Crippen molar-refractivity contribution in [2.75, 3.05) is 18.1 Å². The Morgan fingerprint density at radius 1 is 1.17 bits per heavy atom. The molecule has 2 aliphatic heterocycles. The van der Waals surface area contributed by atoms with Crippen LogP contribution in [0.2, 0.25) is 0 Å². The summed E-state index contributed by atoms with van der Waals surface area (Å²) in [6.45, 7) is 6.28. The fourth-order valence-electron chi connectivity index (χ4n) is 4.60. The van der Waals surface area contributed by atoms with Crippen LogP contribution in [0, 0.1) is 0 Å². The number of aromatic nitrogens is 1. The lowest BCUT2D eigenvalue weighted by molar-refractivity contribution is -0.139. The van der Waals surface area contributed by atoms with E-state index in [1.165, 1.54) is 10.8 Å². The second kappa shape index (κ2) is 9.14. The van der Waals surface area contributed by atoms with Gasteiger partial charge in [-0.1, -0.05) is 42.9 Å². The van der Waals surface area contributed by atoms with Gasteiger partial charge in [0.15, 0.2) is 4.80 Å². The zero-order valence-corrected chi connectivity index (χ0v) is 20.6. The van der Waals surface area contributed by atoms with Gasteiger partial charge in [0.2, 0.25) is 0 Å². The van der Waals surface area contributed by atoms with Crippen LogP contribution in [0.1, 0.15) is 51.0 Å². The first-order valence-electron chi connectivity index (χ1n) is 11.6. The van der Waals surface area contributed by atoms with Crippen LogP contribution in [0.15, 0.2) is 68.1 Å². The minimum absolute atomic E-state index is 0.188. The highest BCUT2D eigenvalue weighted by molar-refractivity contribution is 7.07. The number of carbonyl (C=O) groups excluding carboxylic acids is 2. The Morgan fingerprint density at radius 3 is 2.69 bits per heavy atom. The molecule has 0 N–H and O–H groups in total. The maximum atomic E-state index is 13.9. The molecule has 0 spiro atoms. The third-order valence-electron chi connectivity index (χ3n) is 6.19. The average Bonchev–Trinajstić information content (AvgIpc) is 3.54. The van der Waals surface area contributed by atoms with E-state index in [2.05, 4.69) is 11.9 Å². The highest BCUT2D eigenvalue weighted by Gasteiger charge is 2.38. The number of benzene rings is 1. The van der Waals surface area contributed by atoms with Crippen molar-refractivity contribution in [3.63, 3.8) is 0 Å². The van der Waals surface area contributed by atoms with Crippen molar-refractivity contribution in [1.29, 1.82) is 0 Å². The van der Waals surface area contributed by atoms with E-state index in [1.807, 2.05) is 24.3 Å². The molecule has 0 saturated heterocycles. The van der Waals surface area contributed by atoms with E-state index in [-0.39, 0.29) is 23.6 Å². The van der Waals surface area contributed by atoms with Gasteiger partial charge in [-0.2, -0.15) is 0 Å². The molecule has 2 aliphatic rings. The molecule has 1 atom stereocenters. The molecule has 5 rings (SSSR count). The lowest BCUT2D eigenvalue weighted by Gasteiger charge is -2.22. The molecule has 35 heavy (non-hydrogen) atoms. The quantitative estimate of drug-likeness (QED) is 0.494. The molecular formula is C26H25N3O5S. The van der Waals surface area contributed by atoms with E-state index in [4.69, 9.17) is 9.15 Å². The van der Waals surface area contributed by atoms with Gasteiger partial charge < -0.3 is 14.1 Å². The molecule has 0 radical (unpaired) electrons. The third-order valence-corrected chi connectivity index (χ3v) is 7.24. The molecule has 9 heteroatoms. The number of rotatable bonds is 6. The Labute approximate surface area is 205 Å². The van der Waals surface area contributed by atoms with Gasteiger partial charge in [0.1, 0.15) is 16.3 Å². The van der Waals surface area contributed by atoms with Crippen molar-refractivity contribution < 1.29 is 18.7 Å². The van der Waals surface area contributed by atoms with Crippen LogP contribution in [-0.4, -0.2) is 29.6 Å². The van der Waals surface area contributed by atoms with E-state index < -0.39 is 12.0 Å². The first-order valence-corrected chi connectivity index (χ1v) is 12.5. The first kappa shape index (κ1) is 23.0. The molecule has 0 aliphatic carbocycles. The fourth-order valence-corrected chi connectivity index (χ4v) is 5.73. The maximum absolute atomic E-state index is 13.9. The second-order valence-corrected chi connectivity index (χ2v) is 9.32. The first-order chi connectivity index (χ1) is 17.0. The van der Waals surface area contributed by atoms with Gasteiger partial charge >= 0.3 is 5.97 Å². The van der Waals surface area contributed by atoms with Crippen molar-refractivity contribution in [3.8, 4) is 0 Å². The molecule has 0 fully saturated rings. The van der Waals surface area contributed by atoms with Gasteiger partial charge in [-0.3, -0.25) is 14.2 Å². The fraction of sp³-hybridized carbons (Fsp3) is 0.308. The summed E-state index contributed by atoms with van der Waals surface area (Å²) in [6, 6.07) is 10.1. The van der Waals surface area contributed by atoms with E-state index in [0.717, 1.165) is 35.4 Å². The molecule has 4 heterocycles. The van der Waals surface area contributed by atoms with Crippen LogP contribution in [0.4, 0.5) is 5.69 Å². The molecule has 0 saturated carbocycles. The molecule has 0 bridgehead atoms. The minimum atomic E-state index is -0.836. The average molecular weight is 492 g/mol. The molecule has 8 nitrogen and oxygen atoms in total. The van der Waals surface area contributed by atoms with Gasteiger partial charge in [0, 0.05) is 12.1 Å². The standard InChI is InChI=1S/C26H25N3O5S/c1-4-6-13-28-17-11-8-7-10-16(17)20(23(28)30)22-24(31)29-21(18-12-9-14-34-18)19(25(32)33-5-2)15(3)27-26(29)35-22/h7-12,14,21H,4-6,13H2,1-3H3. The van der Waals surface area contributed by atoms with Crippen LogP contribution in [0.25, 0.3) is 5.57 Å². The number of para-hydroxylation sites is 1. The lowest BCUT2D eigenvalue weighted by atomic mass is 10.0. The Kier molecular flexibility index (Phi) is 6.02. The molecule has 1 amide bonds. The van der Waals surface area contributed by atoms with Gasteiger partial charge in [-0.25, -0.2) is 9.79 Å². The largest absolute Gasteiger partial charge is 0.467 e. The third kappa shape index (κ3) is 3.67. The molecule has 1 aromatic carbocycles. The van der Waals surface area contributed by atoms with E-state index in [0.29, 0.717) is 32.9 Å². The van der Waals surface area contributed by atoms with Gasteiger partial charge in [-0.05, 0) is 38.5 Å². The number of hydrogen-bond acceptors (Lipinski definition) is 7. The van der Waals surface area contributed by atoms with Crippen molar-refractivity contribution in [3.05, 3.63) is 84.9 Å². The number of carbonyl (C=O) groups is 2. The molecule has 3 aromatic rings. The van der Waals surface area contributed by atoms with Crippen LogP contribution in [0.5, 0.6) is 0 Å². The molecule has 180 valence electrons. The maximum Gasteiger partial charge on any atom is 0.338 e. The predicted octanol–water partition coefficient (Wildman–Crippen LogP) is 2.91. The number of fused-ring (bicyclic) bond motifs is 2. The van der Waals surface area contributed by atoms with Crippen molar-refractivity contribution in [2.45, 2.75) is 39.7 Å². The Bertz CT molecular complexity index is 1530. The SMILES string of the molecule is CCCCN1C(=O)C(=c2sc3n(c2=O)C(c2ccco2)C(C(=O)OCC)=C(C)N=3)c2ccccc21. The minimum Gasteiger partial charge on any atom is -0.467 e. The Balaban J connectivity index is 1.77. The number of ether oxygens (including phenoxy) is 1. The van der Waals surface area contributed by atoms with Crippen molar-refractivity contribution in [2.24, 2.45) is 4.99 Å². The van der Waals surface area contributed by atoms with Crippen molar-refractivity contribution in [1.82, 2.24) is 4.57 Å². The summed E-state index contributed by atoms with van der Waals surface area (Å²) in [7, 11) is 0. The van der Waals surface area contributed by atoms with E-state index in [1.54, 1.807) is 30.9 Å². The second-order valence-electron chi connectivity index (χ2n) is 8.34. The summed E-state index contributed by atoms with van der Waals surface area (Å²) in [5, 5.41) is 0. The van der Waals surface area contributed by atoms with E-state index >= 15 is 0 Å². The van der Waals surface area contributed by atoms with Gasteiger partial charge in [-0.15, -0.1) is 0 Å². The highest BCUT2D eigenvalue weighted by Crippen LogP contribution is 2.36. The zero-order valence-electron chi connectivity index (χ0n) is 19.7. The number of unbranched alkanes of at least 4 members (excludes halogenated alkanes) is 1. The van der Waals surface area contributed by atoms with Crippen molar-refractivity contribution >= 4 is 34.5 Å². The predicted molar refractivity (Wildman–Crippen MR) is 132 cm³/mol. The normalized spacial score (nSPS) is 18.4. The smallest absolute Gasteiger partial charge is 0.338 e.